The van der Waals surface area contributed by atoms with Crippen molar-refractivity contribution in [3.8, 4) is 0 Å². The fraction of sp³-hybridized carbons (Fsp3) is 0.533. The van der Waals surface area contributed by atoms with Crippen LogP contribution in [0.4, 0.5) is 0 Å². The van der Waals surface area contributed by atoms with Crippen molar-refractivity contribution >= 4 is 5.78 Å². The fourth-order valence-electron chi connectivity index (χ4n) is 1.36. The van der Waals surface area contributed by atoms with Crippen molar-refractivity contribution in [1.29, 1.82) is 0 Å². The highest BCUT2D eigenvalue weighted by Crippen LogP contribution is 2.09. The van der Waals surface area contributed by atoms with Crippen molar-refractivity contribution in [1.82, 2.24) is 5.32 Å². The molecule has 0 spiro atoms. The molecule has 17 heavy (non-hydrogen) atoms. The van der Waals surface area contributed by atoms with Crippen LogP contribution in [0.3, 0.4) is 0 Å². The lowest BCUT2D eigenvalue weighted by molar-refractivity contribution is -0.116. The molecule has 0 aliphatic heterocycles. The van der Waals surface area contributed by atoms with Crippen molar-refractivity contribution in [3.05, 3.63) is 35.4 Å². The summed E-state index contributed by atoms with van der Waals surface area (Å²) in [7, 11) is 1.91. The summed E-state index contributed by atoms with van der Waals surface area (Å²) in [5.41, 5.74) is 2.34. The highest BCUT2D eigenvalue weighted by atomic mass is 16.1. The van der Waals surface area contributed by atoms with Gasteiger partial charge in [0.15, 0.2) is 0 Å². The van der Waals surface area contributed by atoms with Gasteiger partial charge in [-0.05, 0) is 25.1 Å². The van der Waals surface area contributed by atoms with E-state index >= 15 is 0 Å². The summed E-state index contributed by atoms with van der Waals surface area (Å²) < 4.78 is 0. The summed E-state index contributed by atoms with van der Waals surface area (Å²) >= 11 is 0. The van der Waals surface area contributed by atoms with Crippen LogP contribution in [0, 0.1) is 0 Å². The molecular weight excluding hydrogens is 210 g/mol. The average molecular weight is 237 g/mol. The molecule has 0 unspecified atom stereocenters. The van der Waals surface area contributed by atoms with Gasteiger partial charge < -0.3 is 5.32 Å². The molecular formula is C15H27NO. The number of benzene rings is 1. The molecule has 0 amide bonds. The van der Waals surface area contributed by atoms with Gasteiger partial charge in [-0.2, -0.15) is 0 Å². The Bertz CT molecular complexity index is 295. The number of rotatable bonds is 4. The van der Waals surface area contributed by atoms with E-state index in [0.717, 1.165) is 12.1 Å². The van der Waals surface area contributed by atoms with Gasteiger partial charge in [0, 0.05) is 13.0 Å². The van der Waals surface area contributed by atoms with Crippen LogP contribution >= 0.6 is 0 Å². The lowest BCUT2D eigenvalue weighted by Crippen LogP contribution is -2.09. The second kappa shape index (κ2) is 12.9. The Kier molecular flexibility index (Phi) is 13.8. The summed E-state index contributed by atoms with van der Waals surface area (Å²) in [6.07, 6.45) is 0.540. The molecule has 2 heteroatoms. The third-order valence-corrected chi connectivity index (χ3v) is 1.93. The van der Waals surface area contributed by atoms with Gasteiger partial charge in [-0.3, -0.25) is 4.79 Å². The summed E-state index contributed by atoms with van der Waals surface area (Å²) in [5.74, 6) is 0.212. The lowest BCUT2D eigenvalue weighted by Gasteiger charge is -2.06. The maximum Gasteiger partial charge on any atom is 0.134 e. The molecule has 1 rings (SSSR count). The first-order chi connectivity index (χ1) is 8.24. The standard InChI is InChI=1S/C11H15NO.2C2H6/c1-9(13)7-10-5-3-4-6-11(10)8-12-2;2*1-2/h3-6,12H,7-8H2,1-2H3;2*1-2H3. The van der Waals surface area contributed by atoms with Gasteiger partial charge in [0.25, 0.3) is 0 Å². The van der Waals surface area contributed by atoms with Crippen LogP contribution in [0.1, 0.15) is 45.7 Å². The number of hydrogen-bond donors (Lipinski definition) is 1. The van der Waals surface area contributed by atoms with Crippen molar-refractivity contribution in [2.24, 2.45) is 0 Å². The molecule has 0 bridgehead atoms. The minimum Gasteiger partial charge on any atom is -0.316 e. The highest BCUT2D eigenvalue weighted by molar-refractivity contribution is 5.78. The Hall–Kier alpha value is -1.15. The number of Topliss-reactive ketones (excluding diaryl/α,β-unsaturated/α-hetero) is 1. The molecule has 0 radical (unpaired) electrons. The van der Waals surface area contributed by atoms with Gasteiger partial charge in [-0.15, -0.1) is 0 Å². The first-order valence-corrected chi connectivity index (χ1v) is 6.45. The van der Waals surface area contributed by atoms with Crippen LogP contribution in [-0.2, 0) is 17.8 Å². The average Bonchev–Trinajstić information content (AvgIpc) is 2.36. The van der Waals surface area contributed by atoms with Gasteiger partial charge in [0.1, 0.15) is 5.78 Å². The second-order valence-electron chi connectivity index (χ2n) is 3.18. The normalized spacial score (nSPS) is 8.35. The predicted octanol–water partition coefficient (Wildman–Crippen LogP) is 3.59. The maximum atomic E-state index is 10.9. The quantitative estimate of drug-likeness (QED) is 0.867. The third kappa shape index (κ3) is 8.64. The molecule has 1 aromatic rings. The van der Waals surface area contributed by atoms with E-state index in [1.54, 1.807) is 6.92 Å². The van der Waals surface area contributed by atoms with Gasteiger partial charge in [-0.25, -0.2) is 0 Å². The third-order valence-electron chi connectivity index (χ3n) is 1.93. The van der Waals surface area contributed by atoms with E-state index in [1.807, 2.05) is 52.9 Å². The number of ketones is 1. The van der Waals surface area contributed by atoms with E-state index in [9.17, 15) is 4.79 Å². The SMILES string of the molecule is CC.CC.CNCc1ccccc1CC(C)=O. The van der Waals surface area contributed by atoms with Crippen molar-refractivity contribution in [2.45, 2.75) is 47.6 Å². The van der Waals surface area contributed by atoms with Crippen LogP contribution in [-0.4, -0.2) is 12.8 Å². The summed E-state index contributed by atoms with van der Waals surface area (Å²) in [5, 5.41) is 3.09. The Morgan fingerprint density at radius 1 is 1.06 bits per heavy atom. The zero-order chi connectivity index (χ0) is 13.7. The van der Waals surface area contributed by atoms with Crippen molar-refractivity contribution in [3.63, 3.8) is 0 Å². The minimum absolute atomic E-state index is 0.212. The topological polar surface area (TPSA) is 29.1 Å². The van der Waals surface area contributed by atoms with Crippen LogP contribution in [0.2, 0.25) is 0 Å². The van der Waals surface area contributed by atoms with E-state index in [1.165, 1.54) is 5.56 Å². The maximum absolute atomic E-state index is 10.9. The zero-order valence-electron chi connectivity index (χ0n) is 12.1. The molecule has 0 fully saturated rings. The van der Waals surface area contributed by atoms with E-state index in [4.69, 9.17) is 0 Å². The predicted molar refractivity (Wildman–Crippen MR) is 76.3 cm³/mol. The first-order valence-electron chi connectivity index (χ1n) is 6.45. The molecule has 0 saturated carbocycles. The summed E-state index contributed by atoms with van der Waals surface area (Å²) in [6, 6.07) is 8.02. The van der Waals surface area contributed by atoms with Crippen molar-refractivity contribution in [2.75, 3.05) is 7.05 Å². The molecule has 0 atom stereocenters. The van der Waals surface area contributed by atoms with Crippen LogP contribution < -0.4 is 5.32 Å². The van der Waals surface area contributed by atoms with Crippen LogP contribution in [0.15, 0.2) is 24.3 Å². The molecule has 1 aromatic carbocycles. The smallest absolute Gasteiger partial charge is 0.134 e. The Balaban J connectivity index is 0. The van der Waals surface area contributed by atoms with E-state index in [0.29, 0.717) is 6.42 Å². The monoisotopic (exact) mass is 237 g/mol. The molecule has 0 heterocycles. The van der Waals surface area contributed by atoms with Crippen molar-refractivity contribution < 1.29 is 4.79 Å². The second-order valence-corrected chi connectivity index (χ2v) is 3.18. The molecule has 2 nitrogen and oxygen atoms in total. The molecule has 0 aliphatic carbocycles. The number of carbonyl (C=O) groups is 1. The molecule has 0 aromatic heterocycles. The van der Waals surface area contributed by atoms with E-state index in [2.05, 4.69) is 11.4 Å². The Morgan fingerprint density at radius 3 is 1.94 bits per heavy atom. The Morgan fingerprint density at radius 2 is 1.53 bits per heavy atom. The van der Waals surface area contributed by atoms with Gasteiger partial charge >= 0.3 is 0 Å². The molecule has 0 saturated heterocycles. The van der Waals surface area contributed by atoms with Gasteiger partial charge in [-0.1, -0.05) is 52.0 Å². The molecule has 1 N–H and O–H groups in total. The Labute approximate surface area is 106 Å². The summed E-state index contributed by atoms with van der Waals surface area (Å²) in [6.45, 7) is 10.4. The lowest BCUT2D eigenvalue weighted by atomic mass is 10.0. The summed E-state index contributed by atoms with van der Waals surface area (Å²) in [4.78, 5) is 10.9. The number of carbonyl (C=O) groups excluding carboxylic acids is 1. The zero-order valence-corrected chi connectivity index (χ0v) is 12.1. The fourth-order valence-corrected chi connectivity index (χ4v) is 1.36. The number of nitrogens with one attached hydrogen (secondary N) is 1. The van der Waals surface area contributed by atoms with Gasteiger partial charge in [0.2, 0.25) is 0 Å². The highest BCUT2D eigenvalue weighted by Gasteiger charge is 2.02. The molecule has 98 valence electrons. The van der Waals surface area contributed by atoms with Crippen LogP contribution in [0.25, 0.3) is 0 Å². The van der Waals surface area contributed by atoms with Crippen LogP contribution in [0.5, 0.6) is 0 Å². The molecule has 0 aliphatic rings. The minimum atomic E-state index is 0.212. The van der Waals surface area contributed by atoms with Gasteiger partial charge in [0.05, 0.1) is 0 Å². The first kappa shape index (κ1) is 18.2. The van der Waals surface area contributed by atoms with E-state index in [-0.39, 0.29) is 5.78 Å². The number of hydrogen-bond acceptors (Lipinski definition) is 2. The van der Waals surface area contributed by atoms with E-state index < -0.39 is 0 Å². The largest absolute Gasteiger partial charge is 0.316 e.